The third-order valence-corrected chi connectivity index (χ3v) is 4.72. The predicted molar refractivity (Wildman–Crippen MR) is 103 cm³/mol. The van der Waals surface area contributed by atoms with E-state index in [9.17, 15) is 0 Å². The summed E-state index contributed by atoms with van der Waals surface area (Å²) in [7, 11) is 0. The molecular weight excluding hydrogens is 342 g/mol. The Morgan fingerprint density at radius 1 is 1.54 bits per heavy atom. The van der Waals surface area contributed by atoms with E-state index in [1.54, 1.807) is 17.4 Å². The summed E-state index contributed by atoms with van der Waals surface area (Å²) in [4.78, 5) is 5.70. The summed E-state index contributed by atoms with van der Waals surface area (Å²) < 4.78 is 6.11. The van der Waals surface area contributed by atoms with E-state index in [1.807, 2.05) is 19.9 Å². The monoisotopic (exact) mass is 361 g/mol. The summed E-state index contributed by atoms with van der Waals surface area (Å²) in [6.45, 7) is 8.66. The summed E-state index contributed by atoms with van der Waals surface area (Å²) in [6.07, 6.45) is 0.626. The van der Waals surface area contributed by atoms with Crippen LogP contribution in [0.3, 0.4) is 0 Å². The van der Waals surface area contributed by atoms with Crippen molar-refractivity contribution in [3.63, 3.8) is 0 Å². The van der Waals surface area contributed by atoms with Crippen molar-refractivity contribution in [1.82, 2.24) is 4.98 Å². The van der Waals surface area contributed by atoms with Crippen LogP contribution >= 0.6 is 22.9 Å². The van der Waals surface area contributed by atoms with E-state index < -0.39 is 0 Å². The number of hydrogen-bond donors (Lipinski definition) is 2. The fourth-order valence-corrected chi connectivity index (χ4v) is 3.52. The van der Waals surface area contributed by atoms with Gasteiger partial charge in [0.15, 0.2) is 5.58 Å². The van der Waals surface area contributed by atoms with Crippen molar-refractivity contribution in [1.29, 1.82) is 0 Å². The maximum atomic E-state index is 6.23. The number of allylic oxidation sites excluding steroid dienone is 1. The molecule has 0 bridgehead atoms. The van der Waals surface area contributed by atoms with Crippen molar-refractivity contribution in [3.05, 3.63) is 51.5 Å². The second-order valence-electron chi connectivity index (χ2n) is 5.97. The van der Waals surface area contributed by atoms with Crippen molar-refractivity contribution in [2.24, 2.45) is 5.73 Å². The van der Waals surface area contributed by atoms with Crippen molar-refractivity contribution >= 4 is 45.3 Å². The first-order valence-corrected chi connectivity index (χ1v) is 9.01. The molecule has 3 aromatic heterocycles. The van der Waals surface area contributed by atoms with Crippen LogP contribution < -0.4 is 11.1 Å². The molecule has 0 aliphatic rings. The molecule has 3 rings (SSSR count). The normalized spacial score (nSPS) is 12.5. The highest BCUT2D eigenvalue weighted by Crippen LogP contribution is 2.36. The molecule has 126 valence electrons. The van der Waals surface area contributed by atoms with Crippen LogP contribution in [0.15, 0.2) is 34.6 Å². The van der Waals surface area contributed by atoms with E-state index in [-0.39, 0.29) is 6.04 Å². The molecule has 0 aromatic carbocycles. The zero-order valence-electron chi connectivity index (χ0n) is 13.7. The molecule has 0 aliphatic heterocycles. The van der Waals surface area contributed by atoms with E-state index in [0.717, 1.165) is 28.1 Å². The van der Waals surface area contributed by atoms with Crippen LogP contribution in [0.4, 0.5) is 5.69 Å². The Kier molecular flexibility index (Phi) is 4.94. The first-order chi connectivity index (χ1) is 11.5. The van der Waals surface area contributed by atoms with Gasteiger partial charge in [-0.15, -0.1) is 11.3 Å². The molecule has 0 radical (unpaired) electrons. The second-order valence-corrected chi connectivity index (χ2v) is 7.38. The van der Waals surface area contributed by atoms with Crippen LogP contribution in [0, 0.1) is 0 Å². The van der Waals surface area contributed by atoms with Crippen LogP contribution in [-0.4, -0.2) is 11.0 Å². The Bertz CT molecular complexity index is 868. The van der Waals surface area contributed by atoms with Gasteiger partial charge >= 0.3 is 0 Å². The van der Waals surface area contributed by atoms with Crippen LogP contribution in [0.25, 0.3) is 16.7 Å². The summed E-state index contributed by atoms with van der Waals surface area (Å²) in [5.74, 6) is 0.807. The van der Waals surface area contributed by atoms with Crippen LogP contribution in [0.1, 0.15) is 30.0 Å². The molecule has 3 N–H and O–H groups in total. The van der Waals surface area contributed by atoms with Gasteiger partial charge in [0.05, 0.1) is 5.69 Å². The number of aromatic nitrogens is 1. The lowest BCUT2D eigenvalue weighted by Crippen LogP contribution is -2.17. The Morgan fingerprint density at radius 3 is 2.96 bits per heavy atom. The molecule has 1 atom stereocenters. The Labute approximate surface area is 150 Å². The number of nitrogens with zero attached hydrogens (tertiary/aromatic N) is 1. The Balaban J connectivity index is 2.07. The van der Waals surface area contributed by atoms with Crippen molar-refractivity contribution in [3.8, 4) is 0 Å². The summed E-state index contributed by atoms with van der Waals surface area (Å²) in [5.41, 5.74) is 10.0. The number of fused-ring (bicyclic) bond motifs is 1. The molecule has 0 aliphatic carbocycles. The molecule has 3 aromatic rings. The average molecular weight is 362 g/mol. The summed E-state index contributed by atoms with van der Waals surface area (Å²) >= 11 is 7.93. The lowest BCUT2D eigenvalue weighted by atomic mass is 10.0. The standard InChI is InChI=1S/C18H20ClN3OS/c1-10(2)16-14(7-11(3)20)23-18-13(8-15(19)22-17(16)18)21-9-12-5-4-6-24-12/h4-6,8,11H,1,7,9,20H2,2-3H3,(H,21,22)/t11-/m0/s1. The second kappa shape index (κ2) is 6.97. The van der Waals surface area contributed by atoms with Gasteiger partial charge in [0, 0.05) is 35.5 Å². The van der Waals surface area contributed by atoms with E-state index in [2.05, 4.69) is 28.3 Å². The summed E-state index contributed by atoms with van der Waals surface area (Å²) in [5, 5.41) is 5.87. The van der Waals surface area contributed by atoms with Crippen molar-refractivity contribution in [2.45, 2.75) is 32.9 Å². The lowest BCUT2D eigenvalue weighted by molar-refractivity contribution is 0.524. The molecule has 0 saturated carbocycles. The highest BCUT2D eigenvalue weighted by Gasteiger charge is 2.20. The van der Waals surface area contributed by atoms with E-state index in [4.69, 9.17) is 21.8 Å². The predicted octanol–water partition coefficient (Wildman–Crippen LogP) is 5.08. The summed E-state index contributed by atoms with van der Waals surface area (Å²) in [6, 6.07) is 5.89. The van der Waals surface area contributed by atoms with Gasteiger partial charge in [0.2, 0.25) is 0 Å². The average Bonchev–Trinajstić information content (AvgIpc) is 3.11. The van der Waals surface area contributed by atoms with Gasteiger partial charge in [-0.25, -0.2) is 4.98 Å². The number of thiophene rings is 1. The molecule has 24 heavy (non-hydrogen) atoms. The van der Waals surface area contributed by atoms with E-state index in [0.29, 0.717) is 23.7 Å². The van der Waals surface area contributed by atoms with Gasteiger partial charge in [0.1, 0.15) is 16.4 Å². The molecule has 0 spiro atoms. The number of anilines is 1. The molecule has 0 saturated heterocycles. The minimum Gasteiger partial charge on any atom is -0.456 e. The molecule has 4 nitrogen and oxygen atoms in total. The molecule has 0 unspecified atom stereocenters. The lowest BCUT2D eigenvalue weighted by Gasteiger charge is -2.06. The highest BCUT2D eigenvalue weighted by atomic mass is 35.5. The number of hydrogen-bond acceptors (Lipinski definition) is 5. The zero-order chi connectivity index (χ0) is 17.3. The number of pyridine rings is 1. The number of halogens is 1. The number of nitrogens with one attached hydrogen (secondary N) is 1. The number of nitrogens with two attached hydrogens (primary N) is 1. The van der Waals surface area contributed by atoms with E-state index in [1.165, 1.54) is 4.88 Å². The smallest absolute Gasteiger partial charge is 0.176 e. The topological polar surface area (TPSA) is 64.1 Å². The van der Waals surface area contributed by atoms with Gasteiger partial charge in [-0.1, -0.05) is 24.2 Å². The quantitative estimate of drug-likeness (QED) is 0.601. The largest absolute Gasteiger partial charge is 0.456 e. The molecule has 0 amide bonds. The molecule has 6 heteroatoms. The Morgan fingerprint density at radius 2 is 2.33 bits per heavy atom. The Hall–Kier alpha value is -1.82. The number of rotatable bonds is 6. The van der Waals surface area contributed by atoms with Crippen molar-refractivity contribution < 1.29 is 4.42 Å². The van der Waals surface area contributed by atoms with Gasteiger partial charge in [0.25, 0.3) is 0 Å². The third-order valence-electron chi connectivity index (χ3n) is 3.65. The molecular formula is C18H20ClN3OS. The molecule has 3 heterocycles. The fourth-order valence-electron chi connectivity index (χ4n) is 2.68. The van der Waals surface area contributed by atoms with E-state index >= 15 is 0 Å². The number of furan rings is 1. The van der Waals surface area contributed by atoms with Gasteiger partial charge < -0.3 is 15.5 Å². The van der Waals surface area contributed by atoms with Crippen LogP contribution in [-0.2, 0) is 13.0 Å². The maximum absolute atomic E-state index is 6.23. The first-order valence-electron chi connectivity index (χ1n) is 7.75. The maximum Gasteiger partial charge on any atom is 0.176 e. The zero-order valence-corrected chi connectivity index (χ0v) is 15.3. The van der Waals surface area contributed by atoms with Crippen LogP contribution in [0.2, 0.25) is 5.15 Å². The fraction of sp³-hybridized carbons (Fsp3) is 0.278. The van der Waals surface area contributed by atoms with Crippen molar-refractivity contribution in [2.75, 3.05) is 5.32 Å². The first kappa shape index (κ1) is 17.0. The SMILES string of the molecule is C=C(C)c1c(C[C@H](C)N)oc2c(NCc3cccs3)cc(Cl)nc12. The van der Waals surface area contributed by atoms with Crippen LogP contribution in [0.5, 0.6) is 0 Å². The minimum atomic E-state index is -0.0123. The van der Waals surface area contributed by atoms with Gasteiger partial charge in [-0.2, -0.15) is 0 Å². The van der Waals surface area contributed by atoms with Gasteiger partial charge in [-0.3, -0.25) is 0 Å². The highest BCUT2D eigenvalue weighted by molar-refractivity contribution is 7.09. The molecule has 0 fully saturated rings. The minimum absolute atomic E-state index is 0.0123. The third kappa shape index (κ3) is 3.48. The van der Waals surface area contributed by atoms with Gasteiger partial charge in [-0.05, 0) is 30.9 Å².